The van der Waals surface area contributed by atoms with Crippen molar-refractivity contribution in [3.8, 4) is 0 Å². The molecule has 4 atom stereocenters. The number of hydrogen-bond donors (Lipinski definition) is 10. The summed E-state index contributed by atoms with van der Waals surface area (Å²) in [5, 5.41) is 25.7. The third kappa shape index (κ3) is 52.3. The predicted molar refractivity (Wildman–Crippen MR) is 449 cm³/mol. The van der Waals surface area contributed by atoms with Crippen LogP contribution >= 0.6 is 0 Å². The van der Waals surface area contributed by atoms with Crippen LogP contribution in [-0.2, 0) is 89.3 Å². The molecule has 0 saturated heterocycles. The van der Waals surface area contributed by atoms with Crippen LogP contribution in [0.15, 0.2) is 97.1 Å². The van der Waals surface area contributed by atoms with Crippen molar-refractivity contribution in [3.05, 3.63) is 130 Å². The topological polar surface area (TPSA) is 497 Å². The maximum absolute atomic E-state index is 13.4. The Morgan fingerprint density at radius 2 is 0.710 bits per heavy atom. The van der Waals surface area contributed by atoms with E-state index in [0.29, 0.717) is 94.6 Å². The van der Waals surface area contributed by atoms with Gasteiger partial charge in [-0.3, -0.25) is 33.6 Å². The normalized spacial score (nSPS) is 11.9. The van der Waals surface area contributed by atoms with Crippen LogP contribution in [0.3, 0.4) is 0 Å². The fourth-order valence-corrected chi connectivity index (χ4v) is 11.2. The molecule has 0 aliphatic heterocycles. The number of anilines is 2. The Morgan fingerprint density at radius 1 is 0.395 bits per heavy atom. The van der Waals surface area contributed by atoms with Crippen LogP contribution in [0.4, 0.5) is 48.5 Å². The molecular weight excluding hydrogens is 1630 g/mol. The van der Waals surface area contributed by atoms with Gasteiger partial charge in [0.25, 0.3) is 0 Å². The summed E-state index contributed by atoms with van der Waals surface area (Å²) in [6.07, 6.45) is 2.97. The number of carbonyl (C=O) groups is 14. The minimum absolute atomic E-state index is 0.142. The molecular formula is C86H124F3N9O26. The molecule has 0 heterocycles. The molecule has 0 aliphatic rings. The van der Waals surface area contributed by atoms with Crippen LogP contribution in [-0.4, -0.2) is 226 Å². The van der Waals surface area contributed by atoms with E-state index in [9.17, 15) is 75.5 Å². The number of alkyl halides is 3. The lowest BCUT2D eigenvalue weighted by molar-refractivity contribution is -0.192. The molecule has 0 aromatic heterocycles. The Morgan fingerprint density at radius 3 is 1.02 bits per heavy atom. The Hall–Kier alpha value is -11.2. The van der Waals surface area contributed by atoms with Crippen molar-refractivity contribution in [2.45, 2.75) is 199 Å². The van der Waals surface area contributed by atoms with E-state index in [1.807, 2.05) is 60.7 Å². The van der Waals surface area contributed by atoms with E-state index >= 15 is 0 Å². The number of ketones is 4. The number of esters is 4. The van der Waals surface area contributed by atoms with Crippen molar-refractivity contribution >= 4 is 94.7 Å². The minimum Gasteiger partial charge on any atom is -0.475 e. The molecule has 35 nitrogen and oxygen atoms in total. The number of nitrogens with one attached hydrogen (secondary N) is 7. The summed E-state index contributed by atoms with van der Waals surface area (Å²) in [5.41, 5.74) is 14.3. The van der Waals surface area contributed by atoms with Crippen LogP contribution in [0.5, 0.6) is 0 Å². The second kappa shape index (κ2) is 63.7. The first-order valence-corrected chi connectivity index (χ1v) is 40.9. The predicted octanol–water partition coefficient (Wildman–Crippen LogP) is 11.6. The molecule has 0 spiro atoms. The van der Waals surface area contributed by atoms with Gasteiger partial charge in [-0.25, -0.2) is 33.6 Å². The van der Waals surface area contributed by atoms with E-state index in [2.05, 4.69) is 46.7 Å². The minimum atomic E-state index is -5.08. The lowest BCUT2D eigenvalue weighted by Gasteiger charge is -2.22. The second-order valence-electron chi connectivity index (χ2n) is 29.1. The number of ether oxygens (including phenoxy) is 11. The number of amides is 7. The van der Waals surface area contributed by atoms with Gasteiger partial charge < -0.3 is 106 Å². The van der Waals surface area contributed by atoms with Gasteiger partial charge in [0, 0.05) is 85.5 Å². The summed E-state index contributed by atoms with van der Waals surface area (Å²) in [6.45, 7) is 10.2. The first-order valence-electron chi connectivity index (χ1n) is 40.9. The molecule has 0 aliphatic carbocycles. The summed E-state index contributed by atoms with van der Waals surface area (Å²) in [7, 11) is 5.15. The second-order valence-corrected chi connectivity index (χ2v) is 29.1. The maximum atomic E-state index is 13.4. The number of unbranched alkanes of at least 4 members (excludes halogenated alkanes) is 8. The zero-order valence-corrected chi connectivity index (χ0v) is 72.0. The molecule has 0 bridgehead atoms. The Labute approximate surface area is 721 Å². The molecule has 7 amide bonds. The van der Waals surface area contributed by atoms with Gasteiger partial charge in [-0.1, -0.05) is 119 Å². The van der Waals surface area contributed by atoms with E-state index in [1.54, 1.807) is 27.7 Å². The summed E-state index contributed by atoms with van der Waals surface area (Å²) in [4.78, 5) is 170. The quantitative estimate of drug-likeness (QED) is 0.00849. The molecule has 690 valence electrons. The largest absolute Gasteiger partial charge is 0.490 e. The number of aliphatic carboxylic acids is 1. The molecule has 0 saturated carbocycles. The SMILES string of the molecule is COC(=O)[C@@H](N)CCCCCC(=O)c1cc(NC(=O)NCCOCCOCCNC(=O)OCc2ccccc2)cc(C(=O)CCCCC[C@H](N)C(=O)OC)c1.COC(=O)[C@H](CCCCCC(=O)c1cc(NC(=O)NCCOCCOCCNC(=O)OCc2ccccc2)cc(C(=O)CCCCC[C@H](C)C(=O)OC)c1)NC(=O)OC(C)(C)C.O=C(O)C(F)(F)F. The number of carboxylic acids is 1. The van der Waals surface area contributed by atoms with Gasteiger partial charge in [0.15, 0.2) is 23.1 Å². The fraction of sp³-hybridized carbons (Fsp3) is 0.558. The molecule has 38 heteroatoms. The van der Waals surface area contributed by atoms with Gasteiger partial charge in [0.05, 0.1) is 87.2 Å². The highest BCUT2D eigenvalue weighted by Gasteiger charge is 2.38. The zero-order valence-electron chi connectivity index (χ0n) is 72.0. The average Bonchev–Trinajstić information content (AvgIpc) is 0.836. The molecule has 0 fully saturated rings. The smallest absolute Gasteiger partial charge is 0.475 e. The maximum Gasteiger partial charge on any atom is 0.490 e. The third-order valence-electron chi connectivity index (χ3n) is 17.7. The number of nitrogens with two attached hydrogens (primary N) is 2. The Kier molecular flexibility index (Phi) is 55.9. The van der Waals surface area contributed by atoms with E-state index in [4.69, 9.17) is 64.0 Å². The van der Waals surface area contributed by atoms with Crippen molar-refractivity contribution < 1.29 is 138 Å². The first kappa shape index (κ1) is 109. The number of halogens is 3. The van der Waals surface area contributed by atoms with Crippen LogP contribution in [0.25, 0.3) is 0 Å². The number of rotatable bonds is 57. The number of hydrogen-bond acceptors (Lipinski definition) is 27. The van der Waals surface area contributed by atoms with Gasteiger partial charge in [0.1, 0.15) is 36.9 Å². The van der Waals surface area contributed by atoms with Gasteiger partial charge in [-0.15, -0.1) is 0 Å². The number of methoxy groups -OCH3 is 4. The van der Waals surface area contributed by atoms with Crippen LogP contribution in [0.1, 0.15) is 209 Å². The third-order valence-corrected chi connectivity index (χ3v) is 17.7. The Balaban J connectivity index is 0.000000783. The highest BCUT2D eigenvalue weighted by Crippen LogP contribution is 2.24. The van der Waals surface area contributed by atoms with Crippen molar-refractivity contribution in [1.29, 1.82) is 0 Å². The van der Waals surface area contributed by atoms with Gasteiger partial charge in [0.2, 0.25) is 0 Å². The summed E-state index contributed by atoms with van der Waals surface area (Å²) in [5.74, 6) is -5.63. The average molecular weight is 1760 g/mol. The molecule has 0 unspecified atom stereocenters. The number of alkyl carbamates (subject to hydrolysis) is 3. The fourth-order valence-electron chi connectivity index (χ4n) is 11.2. The first-order chi connectivity index (χ1) is 59.1. The number of urea groups is 2. The summed E-state index contributed by atoms with van der Waals surface area (Å²) in [6, 6.07) is 24.5. The van der Waals surface area contributed by atoms with Crippen molar-refractivity contribution in [1.82, 2.24) is 26.6 Å². The number of carboxylic acid groups (broad SMARTS) is 1. The van der Waals surface area contributed by atoms with E-state index in [1.165, 1.54) is 64.8 Å². The van der Waals surface area contributed by atoms with Crippen LogP contribution in [0, 0.1) is 5.92 Å². The zero-order chi connectivity index (χ0) is 92.1. The standard InChI is InChI=1S/C45H66N4O13.C39H57N5O11.C2HF3O2/c1-32(40(52)57-5)16-10-7-14-20-38(50)34-28-35(39(51)21-15-9-13-19-37(41(53)58-6)49-44(56)62-45(2,3)4)30-36(29-34)48-42(54)46-22-24-59-26-27-60-25-23-47-43(55)61-31-33-17-11-8-12-18-33;1-51-36(47)32(40)14-8-4-10-16-34(45)29-24-30(35(46)17-11-5-9-15-33(41)37(48)52-2)26-31(25-29)44-38(49)42-18-20-53-22-23-54-21-19-43-39(50)55-27-28-12-6-3-7-13-28;3-2(4,5)1(6)7/h8,11-12,17-18,28-30,32,37H,7,9-10,13-16,19-27,31H2,1-6H3,(H,47,55)(H,49,56)(H2,46,48,54);3,6-7,12-13,24-26,32-33H,4-5,8-11,14-23,27,40-41H2,1-2H3,(H,43,50)(H2,42,44,49);(H,6,7)/t32-,37-;32-,33-;/m00./s1. The lowest BCUT2D eigenvalue weighted by Crippen LogP contribution is -2.44. The number of benzene rings is 4. The highest BCUT2D eigenvalue weighted by atomic mass is 19.4. The van der Waals surface area contributed by atoms with E-state index in [-0.39, 0.29) is 182 Å². The molecule has 4 aromatic rings. The molecule has 124 heavy (non-hydrogen) atoms. The van der Waals surface area contributed by atoms with Gasteiger partial charge >= 0.3 is 66.4 Å². The van der Waals surface area contributed by atoms with Crippen molar-refractivity contribution in [2.24, 2.45) is 17.4 Å². The molecule has 12 N–H and O–H groups in total. The molecule has 4 rings (SSSR count). The Bertz CT molecular complexity index is 3850. The lowest BCUT2D eigenvalue weighted by atomic mass is 9.97. The van der Waals surface area contributed by atoms with E-state index < -0.39 is 84.1 Å². The van der Waals surface area contributed by atoms with Gasteiger partial charge in [-0.05, 0) is 120 Å². The number of carbonyl (C=O) groups excluding carboxylic acids is 13. The van der Waals surface area contributed by atoms with Crippen molar-refractivity contribution in [2.75, 3.05) is 118 Å². The van der Waals surface area contributed by atoms with Gasteiger partial charge in [-0.2, -0.15) is 13.2 Å². The van der Waals surface area contributed by atoms with Crippen LogP contribution in [0.2, 0.25) is 0 Å². The molecule has 4 aromatic carbocycles. The van der Waals surface area contributed by atoms with E-state index in [0.717, 1.165) is 24.0 Å². The monoisotopic (exact) mass is 1760 g/mol. The number of Topliss-reactive ketones (excluding diaryl/α,β-unsaturated/α-hetero) is 4. The van der Waals surface area contributed by atoms with Crippen molar-refractivity contribution in [3.63, 3.8) is 0 Å². The molecule has 0 radical (unpaired) electrons. The summed E-state index contributed by atoms with van der Waals surface area (Å²) >= 11 is 0. The summed E-state index contributed by atoms with van der Waals surface area (Å²) < 4.78 is 88.1. The highest BCUT2D eigenvalue weighted by molar-refractivity contribution is 6.05. The van der Waals surface area contributed by atoms with Crippen LogP contribution < -0.4 is 48.7 Å².